The third kappa shape index (κ3) is 6.77. The number of ether oxygens (including phenoxy) is 2. The fourth-order valence-corrected chi connectivity index (χ4v) is 3.70. The Hall–Kier alpha value is -1.94. The smallest absolute Gasteiger partial charge is 0.191 e. The molecule has 0 unspecified atom stereocenters. The summed E-state index contributed by atoms with van der Waals surface area (Å²) >= 11 is 0. The Bertz CT molecular complexity index is 856. The number of hydrogen-bond donors (Lipinski definition) is 2. The van der Waals surface area contributed by atoms with Gasteiger partial charge in [-0.15, -0.1) is 24.0 Å². The Morgan fingerprint density at radius 3 is 2.45 bits per heavy atom. The van der Waals surface area contributed by atoms with Gasteiger partial charge >= 0.3 is 0 Å². The molecule has 170 valence electrons. The van der Waals surface area contributed by atoms with Crippen molar-refractivity contribution in [3.8, 4) is 5.75 Å². The molecule has 1 saturated heterocycles. The van der Waals surface area contributed by atoms with Gasteiger partial charge in [0, 0.05) is 37.3 Å². The normalized spacial score (nSPS) is 15.7. The van der Waals surface area contributed by atoms with Gasteiger partial charge in [0.2, 0.25) is 0 Å². The van der Waals surface area contributed by atoms with Crippen molar-refractivity contribution in [2.75, 3.05) is 33.4 Å². The summed E-state index contributed by atoms with van der Waals surface area (Å²) < 4.78 is 38.2. The summed E-state index contributed by atoms with van der Waals surface area (Å²) in [6, 6.07) is 11.5. The van der Waals surface area contributed by atoms with Crippen molar-refractivity contribution >= 4 is 29.9 Å². The molecule has 0 aliphatic carbocycles. The molecule has 2 N–H and O–H groups in total. The molecule has 0 spiro atoms. The third-order valence-electron chi connectivity index (χ3n) is 5.51. The lowest BCUT2D eigenvalue weighted by Crippen LogP contribution is -2.48. The predicted molar refractivity (Wildman–Crippen MR) is 129 cm³/mol. The minimum absolute atomic E-state index is 0. The summed E-state index contributed by atoms with van der Waals surface area (Å²) in [6.07, 6.45) is 1.76. The highest BCUT2D eigenvalue weighted by Gasteiger charge is 2.34. The number of nitrogens with one attached hydrogen (secondary N) is 2. The zero-order valence-corrected chi connectivity index (χ0v) is 20.2. The molecule has 0 atom stereocenters. The predicted octanol–water partition coefficient (Wildman–Crippen LogP) is 4.39. The highest BCUT2D eigenvalue weighted by molar-refractivity contribution is 14.0. The quantitative estimate of drug-likeness (QED) is 0.308. The van der Waals surface area contributed by atoms with Crippen LogP contribution in [0.2, 0.25) is 0 Å². The maximum absolute atomic E-state index is 13.9. The van der Waals surface area contributed by atoms with Crippen molar-refractivity contribution in [2.24, 2.45) is 4.99 Å². The van der Waals surface area contributed by atoms with Crippen LogP contribution in [0.1, 0.15) is 30.9 Å². The minimum atomic E-state index is -0.472. The number of guanidine groups is 1. The van der Waals surface area contributed by atoms with E-state index < -0.39 is 11.6 Å². The Morgan fingerprint density at radius 2 is 1.81 bits per heavy atom. The van der Waals surface area contributed by atoms with Crippen LogP contribution in [0.25, 0.3) is 0 Å². The van der Waals surface area contributed by atoms with Crippen molar-refractivity contribution in [3.05, 3.63) is 65.2 Å². The van der Waals surface area contributed by atoms with E-state index in [4.69, 9.17) is 9.47 Å². The Labute approximate surface area is 199 Å². The number of hydrogen-bond acceptors (Lipinski definition) is 3. The molecule has 0 aromatic heterocycles. The largest absolute Gasteiger partial charge is 0.497 e. The van der Waals surface area contributed by atoms with Gasteiger partial charge < -0.3 is 20.1 Å². The molecule has 0 radical (unpaired) electrons. The highest BCUT2D eigenvalue weighted by atomic mass is 127. The first-order valence-electron chi connectivity index (χ1n) is 10.2. The Kier molecular flexibility index (Phi) is 9.95. The third-order valence-corrected chi connectivity index (χ3v) is 5.51. The molecule has 0 bridgehead atoms. The first kappa shape index (κ1) is 25.3. The molecule has 2 aromatic rings. The van der Waals surface area contributed by atoms with Gasteiger partial charge in [0.15, 0.2) is 5.96 Å². The van der Waals surface area contributed by atoms with Crippen molar-refractivity contribution in [2.45, 2.75) is 31.7 Å². The Balaban J connectivity index is 0.00000341. The fourth-order valence-electron chi connectivity index (χ4n) is 3.70. The molecule has 3 rings (SSSR count). The highest BCUT2D eigenvalue weighted by Crippen LogP contribution is 2.35. The number of benzene rings is 2. The lowest BCUT2D eigenvalue weighted by atomic mass is 9.74. The molecule has 1 heterocycles. The second-order valence-electron chi connectivity index (χ2n) is 7.41. The van der Waals surface area contributed by atoms with Gasteiger partial charge in [-0.3, -0.25) is 0 Å². The van der Waals surface area contributed by atoms with E-state index in [0.717, 1.165) is 30.7 Å². The zero-order chi connectivity index (χ0) is 21.4. The van der Waals surface area contributed by atoms with Gasteiger partial charge in [-0.05, 0) is 55.7 Å². The van der Waals surface area contributed by atoms with E-state index >= 15 is 0 Å². The molecular weight excluding hydrogens is 515 g/mol. The van der Waals surface area contributed by atoms with Crippen molar-refractivity contribution in [1.82, 2.24) is 10.6 Å². The number of aliphatic imine (C=N–C) groups is 1. The lowest BCUT2D eigenvalue weighted by molar-refractivity contribution is 0.0513. The maximum Gasteiger partial charge on any atom is 0.191 e. The van der Waals surface area contributed by atoms with Gasteiger partial charge in [-0.25, -0.2) is 13.8 Å². The van der Waals surface area contributed by atoms with Gasteiger partial charge in [-0.2, -0.15) is 0 Å². The molecule has 5 nitrogen and oxygen atoms in total. The van der Waals surface area contributed by atoms with E-state index in [1.807, 2.05) is 19.1 Å². The SMILES string of the molecule is CCNC(=NCc1cc(F)ccc1F)NCC1(c2ccc(OC)cc2)CCOCC1.I. The zero-order valence-electron chi connectivity index (χ0n) is 17.9. The number of rotatable bonds is 7. The average molecular weight is 545 g/mol. The number of nitrogens with zero attached hydrogens (tertiary/aromatic N) is 1. The van der Waals surface area contributed by atoms with Crippen LogP contribution in [0.3, 0.4) is 0 Å². The molecule has 8 heteroatoms. The molecule has 0 saturated carbocycles. The van der Waals surface area contributed by atoms with Crippen LogP contribution in [0, 0.1) is 11.6 Å². The van der Waals surface area contributed by atoms with Gasteiger partial charge in [0.05, 0.1) is 13.7 Å². The van der Waals surface area contributed by atoms with Crippen LogP contribution >= 0.6 is 24.0 Å². The molecule has 2 aromatic carbocycles. The monoisotopic (exact) mass is 545 g/mol. The summed E-state index contributed by atoms with van der Waals surface area (Å²) in [5, 5.41) is 6.58. The van der Waals surface area contributed by atoms with Crippen LogP contribution in [0.4, 0.5) is 8.78 Å². The minimum Gasteiger partial charge on any atom is -0.497 e. The van der Waals surface area contributed by atoms with Crippen LogP contribution in [0.5, 0.6) is 5.75 Å². The van der Waals surface area contributed by atoms with E-state index in [2.05, 4.69) is 27.8 Å². The topological polar surface area (TPSA) is 54.9 Å². The molecule has 31 heavy (non-hydrogen) atoms. The Morgan fingerprint density at radius 1 is 1.10 bits per heavy atom. The summed E-state index contributed by atoms with van der Waals surface area (Å²) in [6.45, 7) is 4.72. The van der Waals surface area contributed by atoms with Gasteiger partial charge in [-0.1, -0.05) is 12.1 Å². The number of halogens is 3. The first-order chi connectivity index (χ1) is 14.6. The van der Waals surface area contributed by atoms with E-state index in [9.17, 15) is 8.78 Å². The van der Waals surface area contributed by atoms with Crippen molar-refractivity contribution < 1.29 is 18.3 Å². The van der Waals surface area contributed by atoms with Crippen LogP contribution in [-0.4, -0.2) is 39.4 Å². The van der Waals surface area contributed by atoms with E-state index in [-0.39, 0.29) is 41.5 Å². The summed E-state index contributed by atoms with van der Waals surface area (Å²) in [5.74, 6) is 0.455. The van der Waals surface area contributed by atoms with Gasteiger partial charge in [0.1, 0.15) is 17.4 Å². The fraction of sp³-hybridized carbons (Fsp3) is 0.435. The second kappa shape index (κ2) is 12.2. The molecule has 1 aliphatic rings. The standard InChI is InChI=1S/C23H29F2N3O2.HI/c1-3-26-22(27-15-17-14-19(24)6-9-21(17)25)28-16-23(10-12-30-13-11-23)18-4-7-20(29-2)8-5-18;/h4-9,14H,3,10-13,15-16H2,1-2H3,(H2,26,27,28);1H. The first-order valence-corrected chi connectivity index (χ1v) is 10.2. The molecule has 1 aliphatic heterocycles. The number of methoxy groups -OCH3 is 1. The van der Waals surface area contributed by atoms with E-state index in [1.165, 1.54) is 11.6 Å². The summed E-state index contributed by atoms with van der Waals surface area (Å²) in [4.78, 5) is 4.46. The lowest BCUT2D eigenvalue weighted by Gasteiger charge is -2.38. The van der Waals surface area contributed by atoms with Crippen molar-refractivity contribution in [1.29, 1.82) is 0 Å². The van der Waals surface area contributed by atoms with Crippen LogP contribution in [-0.2, 0) is 16.7 Å². The maximum atomic E-state index is 13.9. The van der Waals surface area contributed by atoms with Gasteiger partial charge in [0.25, 0.3) is 0 Å². The van der Waals surface area contributed by atoms with Crippen molar-refractivity contribution in [3.63, 3.8) is 0 Å². The summed E-state index contributed by atoms with van der Waals surface area (Å²) in [7, 11) is 1.65. The van der Waals surface area contributed by atoms with E-state index in [1.54, 1.807) is 7.11 Å². The van der Waals surface area contributed by atoms with E-state index in [0.29, 0.717) is 32.3 Å². The summed E-state index contributed by atoms with van der Waals surface area (Å²) in [5.41, 5.74) is 1.33. The van der Waals surface area contributed by atoms with Crippen LogP contribution < -0.4 is 15.4 Å². The van der Waals surface area contributed by atoms with Crippen LogP contribution in [0.15, 0.2) is 47.5 Å². The average Bonchev–Trinajstić information content (AvgIpc) is 2.78. The molecule has 0 amide bonds. The second-order valence-corrected chi connectivity index (χ2v) is 7.41. The molecular formula is C23H30F2IN3O2. The molecule has 1 fully saturated rings.